The third kappa shape index (κ3) is 3.80. The minimum absolute atomic E-state index is 0. The molecule has 1 aromatic carbocycles. The fourth-order valence-corrected chi connectivity index (χ4v) is 3.31. The van der Waals surface area contributed by atoms with E-state index in [1.54, 1.807) is 7.11 Å². The lowest BCUT2D eigenvalue weighted by molar-refractivity contribution is 0.413. The smallest absolute Gasteiger partial charge is 0.133 e. The number of aromatic nitrogens is 1. The Balaban J connectivity index is 0.00000161. The number of nitrogens with one attached hydrogen (secondary N) is 1. The Bertz CT molecular complexity index is 614. The van der Waals surface area contributed by atoms with Crippen molar-refractivity contribution in [3.63, 3.8) is 0 Å². The topological polar surface area (TPSA) is 34.1 Å². The summed E-state index contributed by atoms with van der Waals surface area (Å²) in [4.78, 5) is 4.71. The fourth-order valence-electron chi connectivity index (χ4n) is 2.82. The van der Waals surface area contributed by atoms with E-state index in [-0.39, 0.29) is 12.4 Å². The van der Waals surface area contributed by atoms with E-state index in [9.17, 15) is 0 Å². The van der Waals surface area contributed by atoms with Crippen molar-refractivity contribution in [2.45, 2.75) is 38.1 Å². The van der Waals surface area contributed by atoms with Gasteiger partial charge in [-0.25, -0.2) is 4.98 Å². The zero-order valence-corrected chi connectivity index (χ0v) is 14.5. The zero-order valence-electron chi connectivity index (χ0n) is 12.1. The van der Waals surface area contributed by atoms with Crippen LogP contribution in [0.2, 0.25) is 0 Å². The van der Waals surface area contributed by atoms with Crippen LogP contribution in [0.25, 0.3) is 10.9 Å². The first kappa shape index (κ1) is 16.4. The van der Waals surface area contributed by atoms with E-state index in [0.717, 1.165) is 26.9 Å². The summed E-state index contributed by atoms with van der Waals surface area (Å²) in [5, 5.41) is 4.66. The number of anilines is 1. The Hall–Kier alpha value is -1.00. The third-order valence-electron chi connectivity index (χ3n) is 3.92. The molecule has 0 atom stereocenters. The number of nitrogens with zero attached hydrogens (tertiary/aromatic N) is 1. The lowest BCUT2D eigenvalue weighted by atomic mass is 9.95. The fraction of sp³-hybridized carbons (Fsp3) is 0.438. The number of hydrogen-bond donors (Lipinski definition) is 1. The molecular weight excluding hydrogens is 352 g/mol. The summed E-state index contributed by atoms with van der Waals surface area (Å²) in [6.45, 7) is 0. The van der Waals surface area contributed by atoms with Crippen molar-refractivity contribution < 1.29 is 4.74 Å². The van der Waals surface area contributed by atoms with Crippen LogP contribution < -0.4 is 10.1 Å². The van der Waals surface area contributed by atoms with Crippen molar-refractivity contribution in [3.05, 3.63) is 28.7 Å². The normalized spacial score (nSPS) is 15.5. The van der Waals surface area contributed by atoms with E-state index >= 15 is 0 Å². The number of ether oxygens (including phenoxy) is 1. The summed E-state index contributed by atoms with van der Waals surface area (Å²) in [7, 11) is 1.68. The SMILES string of the molecule is COc1cc2ccc(NC3CCCCC3)nc2cc1Br.Cl. The summed E-state index contributed by atoms with van der Waals surface area (Å²) in [6.07, 6.45) is 6.54. The van der Waals surface area contributed by atoms with Crippen molar-refractivity contribution in [3.8, 4) is 5.75 Å². The molecule has 0 saturated heterocycles. The van der Waals surface area contributed by atoms with Crippen LogP contribution >= 0.6 is 28.3 Å². The lowest BCUT2D eigenvalue weighted by Crippen LogP contribution is -2.22. The van der Waals surface area contributed by atoms with Gasteiger partial charge in [0.25, 0.3) is 0 Å². The maximum absolute atomic E-state index is 5.31. The number of pyridine rings is 1. The molecule has 114 valence electrons. The van der Waals surface area contributed by atoms with Gasteiger partial charge < -0.3 is 10.1 Å². The molecule has 5 heteroatoms. The number of fused-ring (bicyclic) bond motifs is 1. The van der Waals surface area contributed by atoms with Gasteiger partial charge in [-0.3, -0.25) is 0 Å². The second-order valence-corrected chi connectivity index (χ2v) is 6.21. The number of methoxy groups -OCH3 is 1. The van der Waals surface area contributed by atoms with Gasteiger partial charge in [-0.05, 0) is 53.0 Å². The van der Waals surface area contributed by atoms with Crippen LogP contribution in [0.3, 0.4) is 0 Å². The molecule has 1 aliphatic carbocycles. The van der Waals surface area contributed by atoms with E-state index in [1.807, 2.05) is 12.1 Å². The first-order valence-corrected chi connectivity index (χ1v) is 7.96. The highest BCUT2D eigenvalue weighted by Crippen LogP contribution is 2.30. The van der Waals surface area contributed by atoms with Crippen molar-refractivity contribution in [1.82, 2.24) is 4.98 Å². The number of benzene rings is 1. The predicted molar refractivity (Wildman–Crippen MR) is 93.7 cm³/mol. The maximum atomic E-state index is 5.31. The van der Waals surface area contributed by atoms with Crippen LogP contribution in [0.4, 0.5) is 5.82 Å². The standard InChI is InChI=1S/C16H19BrN2O.ClH/c1-20-15-9-11-7-8-16(19-14(11)10-13(15)17)18-12-5-3-2-4-6-12;/h7-10,12H,2-6H2,1H3,(H,18,19);1H. The average molecular weight is 372 g/mol. The Morgan fingerprint density at radius 1 is 1.19 bits per heavy atom. The molecule has 0 bridgehead atoms. The van der Waals surface area contributed by atoms with Crippen LogP contribution in [0.5, 0.6) is 5.75 Å². The molecule has 21 heavy (non-hydrogen) atoms. The molecule has 3 rings (SSSR count). The third-order valence-corrected chi connectivity index (χ3v) is 4.54. The van der Waals surface area contributed by atoms with E-state index in [4.69, 9.17) is 9.72 Å². The van der Waals surface area contributed by atoms with Gasteiger partial charge >= 0.3 is 0 Å². The molecule has 1 saturated carbocycles. The molecular formula is C16H20BrClN2O. The van der Waals surface area contributed by atoms with Crippen LogP contribution in [-0.4, -0.2) is 18.1 Å². The number of rotatable bonds is 3. The molecule has 1 aliphatic rings. The van der Waals surface area contributed by atoms with Gasteiger partial charge in [0.05, 0.1) is 17.1 Å². The van der Waals surface area contributed by atoms with Crippen LogP contribution in [-0.2, 0) is 0 Å². The van der Waals surface area contributed by atoms with Crippen LogP contribution in [0.1, 0.15) is 32.1 Å². The van der Waals surface area contributed by atoms with Crippen LogP contribution in [0.15, 0.2) is 28.7 Å². The Morgan fingerprint density at radius 2 is 1.95 bits per heavy atom. The molecule has 3 nitrogen and oxygen atoms in total. The first-order valence-electron chi connectivity index (χ1n) is 7.17. The highest BCUT2D eigenvalue weighted by atomic mass is 79.9. The number of hydrogen-bond acceptors (Lipinski definition) is 3. The van der Waals surface area contributed by atoms with Gasteiger partial charge in [0, 0.05) is 11.4 Å². The van der Waals surface area contributed by atoms with Gasteiger partial charge in [0.2, 0.25) is 0 Å². The zero-order chi connectivity index (χ0) is 13.9. The van der Waals surface area contributed by atoms with Crippen molar-refractivity contribution in [2.75, 3.05) is 12.4 Å². The highest BCUT2D eigenvalue weighted by Gasteiger charge is 2.13. The van der Waals surface area contributed by atoms with Gasteiger partial charge in [-0.2, -0.15) is 0 Å². The molecule has 0 aliphatic heterocycles. The predicted octanol–water partition coefficient (Wildman–Crippen LogP) is 5.17. The van der Waals surface area contributed by atoms with Gasteiger partial charge in [0.1, 0.15) is 11.6 Å². The second-order valence-electron chi connectivity index (χ2n) is 5.36. The minimum Gasteiger partial charge on any atom is -0.496 e. The molecule has 1 N–H and O–H groups in total. The summed E-state index contributed by atoms with van der Waals surface area (Å²) < 4.78 is 6.25. The highest BCUT2D eigenvalue weighted by molar-refractivity contribution is 9.10. The van der Waals surface area contributed by atoms with Crippen molar-refractivity contribution in [1.29, 1.82) is 0 Å². The molecule has 0 radical (unpaired) electrons. The van der Waals surface area contributed by atoms with Gasteiger partial charge in [-0.15, -0.1) is 12.4 Å². The summed E-state index contributed by atoms with van der Waals surface area (Å²) in [5.41, 5.74) is 0.985. The van der Waals surface area contributed by atoms with Gasteiger partial charge in [-0.1, -0.05) is 19.3 Å². The molecule has 1 fully saturated rings. The molecule has 2 aromatic rings. The summed E-state index contributed by atoms with van der Waals surface area (Å²) in [5.74, 6) is 1.81. The maximum Gasteiger partial charge on any atom is 0.133 e. The Labute approximate surface area is 140 Å². The minimum atomic E-state index is 0. The molecule has 0 amide bonds. The largest absolute Gasteiger partial charge is 0.496 e. The first-order chi connectivity index (χ1) is 9.76. The molecule has 1 aromatic heterocycles. The van der Waals surface area contributed by atoms with Crippen LogP contribution in [0, 0.1) is 0 Å². The molecule has 0 spiro atoms. The second kappa shape index (κ2) is 7.32. The van der Waals surface area contributed by atoms with E-state index in [0.29, 0.717) is 6.04 Å². The monoisotopic (exact) mass is 370 g/mol. The van der Waals surface area contributed by atoms with Crippen molar-refractivity contribution >= 4 is 45.1 Å². The van der Waals surface area contributed by atoms with Gasteiger partial charge in [0.15, 0.2) is 0 Å². The molecule has 0 unspecified atom stereocenters. The van der Waals surface area contributed by atoms with E-state index in [2.05, 4.69) is 33.4 Å². The average Bonchev–Trinajstić information content (AvgIpc) is 2.47. The Morgan fingerprint density at radius 3 is 2.67 bits per heavy atom. The quantitative estimate of drug-likeness (QED) is 0.808. The lowest BCUT2D eigenvalue weighted by Gasteiger charge is -2.23. The molecule has 1 heterocycles. The number of halogens is 2. The summed E-state index contributed by atoms with van der Waals surface area (Å²) in [6, 6.07) is 8.76. The van der Waals surface area contributed by atoms with Crippen molar-refractivity contribution in [2.24, 2.45) is 0 Å². The van der Waals surface area contributed by atoms with E-state index in [1.165, 1.54) is 32.1 Å². The Kier molecular flexibility index (Phi) is 5.71. The van der Waals surface area contributed by atoms with E-state index < -0.39 is 0 Å². The summed E-state index contributed by atoms with van der Waals surface area (Å²) >= 11 is 3.52.